The zero-order chi connectivity index (χ0) is 13.8. The van der Waals surface area contributed by atoms with Crippen LogP contribution >= 0.6 is 23.2 Å². The van der Waals surface area contributed by atoms with Crippen LogP contribution in [0.1, 0.15) is 24.2 Å². The summed E-state index contributed by atoms with van der Waals surface area (Å²) in [6.07, 6.45) is 1.63. The first-order valence-electron chi connectivity index (χ1n) is 5.68. The van der Waals surface area contributed by atoms with E-state index < -0.39 is 0 Å². The van der Waals surface area contributed by atoms with Crippen molar-refractivity contribution < 1.29 is 0 Å². The summed E-state index contributed by atoms with van der Waals surface area (Å²) in [6, 6.07) is 11.1. The predicted octanol–water partition coefficient (Wildman–Crippen LogP) is 4.43. The van der Waals surface area contributed by atoms with E-state index in [2.05, 4.69) is 10.3 Å². The molecular weight excluding hydrogens is 281 g/mol. The summed E-state index contributed by atoms with van der Waals surface area (Å²) in [4.78, 5) is 4.00. The van der Waals surface area contributed by atoms with Gasteiger partial charge in [-0.3, -0.25) is 0 Å². The van der Waals surface area contributed by atoms with Crippen molar-refractivity contribution in [1.29, 1.82) is 5.26 Å². The molecule has 2 aromatic rings. The molecule has 0 aliphatic rings. The lowest BCUT2D eigenvalue weighted by Gasteiger charge is -2.16. The molecule has 1 unspecified atom stereocenters. The van der Waals surface area contributed by atoms with Gasteiger partial charge in [0, 0.05) is 6.04 Å². The zero-order valence-electron chi connectivity index (χ0n) is 10.2. The second-order valence-corrected chi connectivity index (χ2v) is 4.90. The molecule has 1 N–H and O–H groups in total. The van der Waals surface area contributed by atoms with Gasteiger partial charge < -0.3 is 5.32 Å². The summed E-state index contributed by atoms with van der Waals surface area (Å²) in [7, 11) is 0. The predicted molar refractivity (Wildman–Crippen MR) is 77.5 cm³/mol. The minimum absolute atomic E-state index is 0.0597. The average Bonchev–Trinajstić information content (AvgIpc) is 2.42. The van der Waals surface area contributed by atoms with Gasteiger partial charge in [0.15, 0.2) is 0 Å². The van der Waals surface area contributed by atoms with Crippen molar-refractivity contribution in [3.05, 3.63) is 57.8 Å². The van der Waals surface area contributed by atoms with Crippen molar-refractivity contribution in [1.82, 2.24) is 4.98 Å². The minimum Gasteiger partial charge on any atom is -0.377 e. The molecule has 5 heteroatoms. The summed E-state index contributed by atoms with van der Waals surface area (Å²) in [5.74, 6) is 0. The molecule has 0 spiro atoms. The molecule has 3 nitrogen and oxygen atoms in total. The molecule has 0 saturated heterocycles. The summed E-state index contributed by atoms with van der Waals surface area (Å²) >= 11 is 11.9. The number of rotatable bonds is 3. The molecule has 96 valence electrons. The maximum absolute atomic E-state index is 8.68. The van der Waals surface area contributed by atoms with Crippen LogP contribution in [0.3, 0.4) is 0 Å². The Balaban J connectivity index is 2.13. The van der Waals surface area contributed by atoms with Gasteiger partial charge in [0.05, 0.1) is 21.9 Å². The largest absolute Gasteiger partial charge is 0.377 e. The van der Waals surface area contributed by atoms with E-state index in [1.165, 1.54) is 0 Å². The third kappa shape index (κ3) is 3.37. The van der Waals surface area contributed by atoms with E-state index in [1.807, 2.05) is 31.2 Å². The molecule has 0 fully saturated rings. The average molecular weight is 292 g/mol. The van der Waals surface area contributed by atoms with Gasteiger partial charge in [-0.15, -0.1) is 0 Å². The Morgan fingerprint density at radius 2 is 2.00 bits per heavy atom. The molecule has 0 aliphatic carbocycles. The number of aromatic nitrogens is 1. The normalized spacial score (nSPS) is 11.7. The molecule has 1 heterocycles. The van der Waals surface area contributed by atoms with Gasteiger partial charge in [0.25, 0.3) is 0 Å². The third-order valence-corrected chi connectivity index (χ3v) is 3.44. The van der Waals surface area contributed by atoms with E-state index in [0.717, 1.165) is 11.3 Å². The molecule has 2 rings (SSSR count). The van der Waals surface area contributed by atoms with E-state index in [1.54, 1.807) is 18.3 Å². The number of benzene rings is 1. The summed E-state index contributed by atoms with van der Waals surface area (Å²) in [5, 5.41) is 13.0. The van der Waals surface area contributed by atoms with E-state index in [4.69, 9.17) is 28.5 Å². The maximum atomic E-state index is 8.68. The molecule has 19 heavy (non-hydrogen) atoms. The zero-order valence-corrected chi connectivity index (χ0v) is 11.7. The van der Waals surface area contributed by atoms with Crippen LogP contribution in [0.15, 0.2) is 36.5 Å². The Bertz CT molecular complexity index is 618. The second-order valence-electron chi connectivity index (χ2n) is 4.08. The Labute approximate surface area is 121 Å². The van der Waals surface area contributed by atoms with Gasteiger partial charge in [-0.05, 0) is 36.8 Å². The van der Waals surface area contributed by atoms with Gasteiger partial charge in [0.1, 0.15) is 11.8 Å². The lowest BCUT2D eigenvalue weighted by Crippen LogP contribution is -2.06. The van der Waals surface area contributed by atoms with Crippen LogP contribution in [-0.4, -0.2) is 4.98 Å². The molecule has 0 aliphatic heterocycles. The Hall–Kier alpha value is -1.76. The smallest absolute Gasteiger partial charge is 0.140 e. The maximum Gasteiger partial charge on any atom is 0.140 e. The first-order valence-corrected chi connectivity index (χ1v) is 6.43. The summed E-state index contributed by atoms with van der Waals surface area (Å²) < 4.78 is 0. The highest BCUT2D eigenvalue weighted by Crippen LogP contribution is 2.27. The van der Waals surface area contributed by atoms with Gasteiger partial charge in [-0.2, -0.15) is 5.26 Å². The Kier molecular flexibility index (Phi) is 4.26. The first-order chi connectivity index (χ1) is 9.10. The molecule has 1 aromatic heterocycles. The molecule has 1 aromatic carbocycles. The highest BCUT2D eigenvalue weighted by Gasteiger charge is 2.08. The fourth-order valence-electron chi connectivity index (χ4n) is 1.66. The number of pyridine rings is 1. The molecule has 0 bridgehead atoms. The molecular formula is C14H11Cl2N3. The number of nitrogens with zero attached hydrogens (tertiary/aromatic N) is 2. The van der Waals surface area contributed by atoms with Crippen LogP contribution in [0.5, 0.6) is 0 Å². The number of hydrogen-bond donors (Lipinski definition) is 1. The summed E-state index contributed by atoms with van der Waals surface area (Å²) in [5.41, 5.74) is 2.27. The SMILES string of the molecule is CC(Nc1ccc(C#N)nc1)c1ccc(Cl)c(Cl)c1. The first kappa shape index (κ1) is 13.7. The van der Waals surface area contributed by atoms with E-state index >= 15 is 0 Å². The molecule has 1 atom stereocenters. The molecule has 0 saturated carbocycles. The number of nitriles is 1. The monoisotopic (exact) mass is 291 g/mol. The van der Waals surface area contributed by atoms with Crippen LogP contribution in [-0.2, 0) is 0 Å². The van der Waals surface area contributed by atoms with Gasteiger partial charge in [0.2, 0.25) is 0 Å². The number of anilines is 1. The highest BCUT2D eigenvalue weighted by molar-refractivity contribution is 6.42. The van der Waals surface area contributed by atoms with Crippen molar-refractivity contribution >= 4 is 28.9 Å². The van der Waals surface area contributed by atoms with Crippen molar-refractivity contribution in [3.8, 4) is 6.07 Å². The van der Waals surface area contributed by atoms with Crippen LogP contribution < -0.4 is 5.32 Å². The summed E-state index contributed by atoms with van der Waals surface area (Å²) in [6.45, 7) is 2.01. The Morgan fingerprint density at radius 3 is 2.58 bits per heavy atom. The van der Waals surface area contributed by atoms with Crippen molar-refractivity contribution in [2.45, 2.75) is 13.0 Å². The highest BCUT2D eigenvalue weighted by atomic mass is 35.5. The lowest BCUT2D eigenvalue weighted by atomic mass is 10.1. The van der Waals surface area contributed by atoms with Crippen molar-refractivity contribution in [2.75, 3.05) is 5.32 Å². The number of hydrogen-bond acceptors (Lipinski definition) is 3. The molecule has 0 amide bonds. The van der Waals surface area contributed by atoms with Crippen LogP contribution in [0.4, 0.5) is 5.69 Å². The fraction of sp³-hybridized carbons (Fsp3) is 0.143. The quantitative estimate of drug-likeness (QED) is 0.910. The number of halogens is 2. The van der Waals surface area contributed by atoms with E-state index in [-0.39, 0.29) is 6.04 Å². The minimum atomic E-state index is 0.0597. The topological polar surface area (TPSA) is 48.7 Å². The van der Waals surface area contributed by atoms with E-state index in [9.17, 15) is 0 Å². The van der Waals surface area contributed by atoms with Crippen LogP contribution in [0.2, 0.25) is 10.0 Å². The van der Waals surface area contributed by atoms with Gasteiger partial charge in [-0.1, -0.05) is 29.3 Å². The van der Waals surface area contributed by atoms with Gasteiger partial charge >= 0.3 is 0 Å². The standard InChI is InChI=1S/C14H11Cl2N3/c1-9(10-2-5-13(15)14(16)6-10)19-12-4-3-11(7-17)18-8-12/h2-6,8-9,19H,1H3. The lowest BCUT2D eigenvalue weighted by molar-refractivity contribution is 0.883. The number of nitrogens with one attached hydrogen (secondary N) is 1. The third-order valence-electron chi connectivity index (χ3n) is 2.70. The second kappa shape index (κ2) is 5.92. The van der Waals surface area contributed by atoms with Crippen molar-refractivity contribution in [3.63, 3.8) is 0 Å². The Morgan fingerprint density at radius 1 is 1.21 bits per heavy atom. The molecule has 0 radical (unpaired) electrons. The van der Waals surface area contributed by atoms with Crippen LogP contribution in [0.25, 0.3) is 0 Å². The van der Waals surface area contributed by atoms with Gasteiger partial charge in [-0.25, -0.2) is 4.98 Å². The van der Waals surface area contributed by atoms with Crippen LogP contribution in [0, 0.1) is 11.3 Å². The van der Waals surface area contributed by atoms with Crippen molar-refractivity contribution in [2.24, 2.45) is 0 Å². The fourth-order valence-corrected chi connectivity index (χ4v) is 1.97. The van der Waals surface area contributed by atoms with E-state index in [0.29, 0.717) is 15.7 Å².